The van der Waals surface area contributed by atoms with Gasteiger partial charge >= 0.3 is 0 Å². The number of nitrogens with one attached hydrogen (secondary N) is 2. The minimum Gasteiger partial charge on any atom is -0.354 e. The molecule has 5 heteroatoms. The molecule has 1 aromatic rings. The molecule has 1 aliphatic heterocycles. The van der Waals surface area contributed by atoms with Crippen molar-refractivity contribution in [3.05, 3.63) is 35.1 Å². The normalized spacial score (nSPS) is 19.2. The lowest BCUT2D eigenvalue weighted by Gasteiger charge is -2.23. The molecule has 2 amide bonds. The van der Waals surface area contributed by atoms with Gasteiger partial charge in [0.05, 0.1) is 0 Å². The third kappa shape index (κ3) is 2.85. The average Bonchev–Trinajstić information content (AvgIpc) is 2.32. The minimum absolute atomic E-state index is 0.0125. The van der Waals surface area contributed by atoms with Crippen molar-refractivity contribution in [1.82, 2.24) is 10.6 Å². The number of carbonyl (C=O) groups excluding carboxylic acids is 2. The van der Waals surface area contributed by atoms with Gasteiger partial charge in [0.15, 0.2) is 0 Å². The van der Waals surface area contributed by atoms with E-state index < -0.39 is 0 Å². The molecule has 1 aliphatic rings. The third-order valence-electron chi connectivity index (χ3n) is 3.03. The monoisotopic (exact) mass is 250 g/mol. The van der Waals surface area contributed by atoms with Crippen LogP contribution in [0.3, 0.4) is 0 Å². The Morgan fingerprint density at radius 2 is 2.28 bits per heavy atom. The molecular weight excluding hydrogens is 235 g/mol. The van der Waals surface area contributed by atoms with Crippen LogP contribution in [0.15, 0.2) is 18.2 Å². The molecule has 0 radical (unpaired) electrons. The standard InChI is InChI=1S/C13H15FN2O2/c1-8-6-9(14)2-4-11(8)13(18)16-10-3-5-12(17)15-7-10/h2,4,6,10H,3,5,7H2,1H3,(H,15,17)(H,16,18). The molecule has 0 bridgehead atoms. The molecule has 2 N–H and O–H groups in total. The van der Waals surface area contributed by atoms with E-state index in [-0.39, 0.29) is 23.7 Å². The number of amides is 2. The van der Waals surface area contributed by atoms with Crippen molar-refractivity contribution >= 4 is 11.8 Å². The second kappa shape index (κ2) is 5.16. The van der Waals surface area contributed by atoms with Crippen LogP contribution in [0, 0.1) is 12.7 Å². The summed E-state index contributed by atoms with van der Waals surface area (Å²) < 4.78 is 12.9. The Labute approximate surface area is 105 Å². The molecule has 0 spiro atoms. The fraction of sp³-hybridized carbons (Fsp3) is 0.385. The first-order valence-electron chi connectivity index (χ1n) is 5.90. The summed E-state index contributed by atoms with van der Waals surface area (Å²) in [6.45, 7) is 2.14. The molecule has 0 saturated carbocycles. The van der Waals surface area contributed by atoms with Gasteiger partial charge < -0.3 is 10.6 Å². The van der Waals surface area contributed by atoms with Crippen molar-refractivity contribution in [2.45, 2.75) is 25.8 Å². The maximum absolute atomic E-state index is 12.9. The zero-order valence-corrected chi connectivity index (χ0v) is 10.1. The quantitative estimate of drug-likeness (QED) is 0.827. The highest BCUT2D eigenvalue weighted by atomic mass is 19.1. The largest absolute Gasteiger partial charge is 0.354 e. The summed E-state index contributed by atoms with van der Waals surface area (Å²) in [4.78, 5) is 23.0. The molecule has 1 heterocycles. The number of rotatable bonds is 2. The van der Waals surface area contributed by atoms with Crippen molar-refractivity contribution in [3.63, 3.8) is 0 Å². The predicted molar refractivity (Wildman–Crippen MR) is 64.6 cm³/mol. The van der Waals surface area contributed by atoms with Crippen LogP contribution in [0.1, 0.15) is 28.8 Å². The van der Waals surface area contributed by atoms with Crippen LogP contribution in [0.5, 0.6) is 0 Å². The molecule has 2 rings (SSSR count). The number of hydrogen-bond donors (Lipinski definition) is 2. The van der Waals surface area contributed by atoms with Crippen LogP contribution in [0.2, 0.25) is 0 Å². The average molecular weight is 250 g/mol. The third-order valence-corrected chi connectivity index (χ3v) is 3.03. The van der Waals surface area contributed by atoms with Crippen LogP contribution in [-0.4, -0.2) is 24.4 Å². The molecule has 1 saturated heterocycles. The summed E-state index contributed by atoms with van der Waals surface area (Å²) in [5.41, 5.74) is 1.07. The van der Waals surface area contributed by atoms with Crippen molar-refractivity contribution in [2.24, 2.45) is 0 Å². The fourth-order valence-electron chi connectivity index (χ4n) is 2.00. The smallest absolute Gasteiger partial charge is 0.251 e. The molecule has 1 aromatic carbocycles. The predicted octanol–water partition coefficient (Wildman–Crippen LogP) is 1.14. The Bertz CT molecular complexity index is 478. The number of halogens is 1. The van der Waals surface area contributed by atoms with E-state index >= 15 is 0 Å². The summed E-state index contributed by atoms with van der Waals surface area (Å²) in [5.74, 6) is -0.568. The Morgan fingerprint density at radius 1 is 1.50 bits per heavy atom. The van der Waals surface area contributed by atoms with Crippen LogP contribution in [-0.2, 0) is 4.79 Å². The Morgan fingerprint density at radius 3 is 2.89 bits per heavy atom. The maximum Gasteiger partial charge on any atom is 0.251 e. The van der Waals surface area contributed by atoms with Crippen molar-refractivity contribution in [3.8, 4) is 0 Å². The van der Waals surface area contributed by atoms with Gasteiger partial charge in [0.25, 0.3) is 5.91 Å². The number of aryl methyl sites for hydroxylation is 1. The van der Waals surface area contributed by atoms with Gasteiger partial charge in [-0.15, -0.1) is 0 Å². The van der Waals surface area contributed by atoms with E-state index in [0.29, 0.717) is 30.5 Å². The van der Waals surface area contributed by atoms with E-state index in [2.05, 4.69) is 10.6 Å². The highest BCUT2D eigenvalue weighted by molar-refractivity contribution is 5.95. The van der Waals surface area contributed by atoms with Gasteiger partial charge in [-0.3, -0.25) is 9.59 Å². The fourth-order valence-corrected chi connectivity index (χ4v) is 2.00. The van der Waals surface area contributed by atoms with Crippen LogP contribution >= 0.6 is 0 Å². The highest BCUT2D eigenvalue weighted by Gasteiger charge is 2.20. The van der Waals surface area contributed by atoms with Crippen LogP contribution in [0.4, 0.5) is 4.39 Å². The summed E-state index contributed by atoms with van der Waals surface area (Å²) in [6.07, 6.45) is 1.06. The van der Waals surface area contributed by atoms with E-state index in [9.17, 15) is 14.0 Å². The molecular formula is C13H15FN2O2. The molecule has 96 valence electrons. The van der Waals surface area contributed by atoms with Crippen LogP contribution < -0.4 is 10.6 Å². The molecule has 18 heavy (non-hydrogen) atoms. The topological polar surface area (TPSA) is 58.2 Å². The van der Waals surface area contributed by atoms with Gasteiger partial charge in [-0.25, -0.2) is 4.39 Å². The number of carbonyl (C=O) groups is 2. The Kier molecular flexibility index (Phi) is 3.60. The molecule has 0 aromatic heterocycles. The van der Waals surface area contributed by atoms with Gasteiger partial charge in [0.1, 0.15) is 5.82 Å². The summed E-state index contributed by atoms with van der Waals surface area (Å²) in [7, 11) is 0. The van der Waals surface area contributed by atoms with Crippen molar-refractivity contribution in [1.29, 1.82) is 0 Å². The summed E-state index contributed by atoms with van der Waals surface area (Å²) in [5, 5.41) is 5.54. The molecule has 4 nitrogen and oxygen atoms in total. The lowest BCUT2D eigenvalue weighted by atomic mass is 10.0. The molecule has 1 fully saturated rings. The number of benzene rings is 1. The van der Waals surface area contributed by atoms with Crippen molar-refractivity contribution < 1.29 is 14.0 Å². The van der Waals surface area contributed by atoms with E-state index in [1.54, 1.807) is 6.92 Å². The van der Waals surface area contributed by atoms with Crippen LogP contribution in [0.25, 0.3) is 0 Å². The number of piperidine rings is 1. The van der Waals surface area contributed by atoms with Gasteiger partial charge in [0, 0.05) is 24.6 Å². The second-order valence-corrected chi connectivity index (χ2v) is 4.47. The van der Waals surface area contributed by atoms with E-state index in [1.807, 2.05) is 0 Å². The van der Waals surface area contributed by atoms with Crippen molar-refractivity contribution in [2.75, 3.05) is 6.54 Å². The lowest BCUT2D eigenvalue weighted by molar-refractivity contribution is -0.122. The molecule has 0 aliphatic carbocycles. The Balaban J connectivity index is 2.01. The lowest BCUT2D eigenvalue weighted by Crippen LogP contribution is -2.47. The Hall–Kier alpha value is -1.91. The van der Waals surface area contributed by atoms with Gasteiger partial charge in [0.2, 0.25) is 5.91 Å². The second-order valence-electron chi connectivity index (χ2n) is 4.47. The molecule has 1 atom stereocenters. The maximum atomic E-state index is 12.9. The van der Waals surface area contributed by atoms with Gasteiger partial charge in [-0.2, -0.15) is 0 Å². The summed E-state index contributed by atoms with van der Waals surface area (Å²) in [6, 6.07) is 4.02. The van der Waals surface area contributed by atoms with Gasteiger partial charge in [-0.1, -0.05) is 0 Å². The zero-order chi connectivity index (χ0) is 13.1. The van der Waals surface area contributed by atoms with E-state index in [1.165, 1.54) is 18.2 Å². The highest BCUT2D eigenvalue weighted by Crippen LogP contribution is 2.11. The zero-order valence-electron chi connectivity index (χ0n) is 10.1. The minimum atomic E-state index is -0.353. The van der Waals surface area contributed by atoms with E-state index in [4.69, 9.17) is 0 Å². The van der Waals surface area contributed by atoms with E-state index in [0.717, 1.165) is 0 Å². The first-order valence-corrected chi connectivity index (χ1v) is 5.90. The first-order chi connectivity index (χ1) is 8.56. The SMILES string of the molecule is Cc1cc(F)ccc1C(=O)NC1CCC(=O)NC1. The van der Waals surface area contributed by atoms with Gasteiger partial charge in [-0.05, 0) is 37.1 Å². The molecule has 1 unspecified atom stereocenters. The summed E-state index contributed by atoms with van der Waals surface area (Å²) >= 11 is 0. The number of hydrogen-bond acceptors (Lipinski definition) is 2. The first kappa shape index (κ1) is 12.5.